The van der Waals surface area contributed by atoms with Crippen molar-refractivity contribution in [3.05, 3.63) is 82.6 Å². The summed E-state index contributed by atoms with van der Waals surface area (Å²) in [4.78, 5) is 0. The fourth-order valence-electron chi connectivity index (χ4n) is 3.51. The van der Waals surface area contributed by atoms with E-state index in [4.69, 9.17) is 0 Å². The van der Waals surface area contributed by atoms with Gasteiger partial charge in [0.05, 0.1) is 12.4 Å². The van der Waals surface area contributed by atoms with Gasteiger partial charge in [-0.3, -0.25) is 4.39 Å². The van der Waals surface area contributed by atoms with Crippen molar-refractivity contribution >= 4 is 0 Å². The quantitative estimate of drug-likeness (QED) is 0.303. The van der Waals surface area contributed by atoms with E-state index in [0.717, 1.165) is 12.1 Å². The topological polar surface area (TPSA) is 9.23 Å². The third-order valence-corrected chi connectivity index (χ3v) is 5.31. The fourth-order valence-corrected chi connectivity index (χ4v) is 3.51. The number of rotatable bonds is 7. The Morgan fingerprint density at radius 3 is 2.25 bits per heavy atom. The van der Waals surface area contributed by atoms with Crippen LogP contribution in [0, 0.1) is 36.1 Å². The zero-order chi connectivity index (χ0) is 23.5. The Hall–Kier alpha value is -2.77. The van der Waals surface area contributed by atoms with E-state index in [2.05, 4.69) is 4.74 Å². The van der Waals surface area contributed by atoms with Gasteiger partial charge in [0.15, 0.2) is 23.3 Å². The molecule has 2 aromatic rings. The number of aryl methyl sites for hydroxylation is 1. The molecule has 0 N–H and O–H groups in total. The highest BCUT2D eigenvalue weighted by Crippen LogP contribution is 2.39. The van der Waals surface area contributed by atoms with E-state index in [1.165, 1.54) is 19.1 Å². The Kier molecular flexibility index (Phi) is 7.31. The number of halogens is 7. The van der Waals surface area contributed by atoms with Gasteiger partial charge in [-0.25, -0.2) is 17.6 Å². The molecular weight excluding hydrogens is 437 g/mol. The van der Waals surface area contributed by atoms with Gasteiger partial charge < -0.3 is 4.74 Å². The third-order valence-electron chi connectivity index (χ3n) is 5.31. The molecule has 0 bridgehead atoms. The van der Waals surface area contributed by atoms with E-state index in [1.54, 1.807) is 6.08 Å². The summed E-state index contributed by atoms with van der Waals surface area (Å²) in [7, 11) is 0. The molecule has 1 unspecified atom stereocenters. The number of hydrogen-bond donors (Lipinski definition) is 0. The van der Waals surface area contributed by atoms with Crippen molar-refractivity contribution in [2.45, 2.75) is 38.7 Å². The SMILES string of the molecule is Cc1ccc(-c2ccc(C(F)(F)OC3=CCC(C=CCCF)CC3)c(F)c2F)c(F)c1F. The molecular formula is C24H21F7O. The summed E-state index contributed by atoms with van der Waals surface area (Å²) in [6, 6.07) is 3.58. The van der Waals surface area contributed by atoms with Crippen LogP contribution < -0.4 is 0 Å². The summed E-state index contributed by atoms with van der Waals surface area (Å²) in [5, 5.41) is 0. The minimum atomic E-state index is -4.18. The van der Waals surface area contributed by atoms with Gasteiger partial charge in [-0.05, 0) is 49.8 Å². The largest absolute Gasteiger partial charge is 0.434 e. The maximum absolute atomic E-state index is 14.6. The first-order valence-corrected chi connectivity index (χ1v) is 10.1. The minimum Gasteiger partial charge on any atom is -0.434 e. The van der Waals surface area contributed by atoms with Crippen LogP contribution in [-0.2, 0) is 10.8 Å². The molecule has 172 valence electrons. The molecule has 1 aliphatic carbocycles. The second-order valence-electron chi connectivity index (χ2n) is 7.58. The van der Waals surface area contributed by atoms with E-state index in [9.17, 15) is 30.7 Å². The van der Waals surface area contributed by atoms with Crippen LogP contribution in [0.3, 0.4) is 0 Å². The third kappa shape index (κ3) is 5.00. The van der Waals surface area contributed by atoms with Crippen LogP contribution in [0.25, 0.3) is 11.1 Å². The molecule has 1 atom stereocenters. The van der Waals surface area contributed by atoms with E-state index in [1.807, 2.05) is 6.08 Å². The van der Waals surface area contributed by atoms with E-state index in [-0.39, 0.29) is 30.1 Å². The maximum atomic E-state index is 14.6. The summed E-state index contributed by atoms with van der Waals surface area (Å²) in [5.74, 6) is -6.29. The van der Waals surface area contributed by atoms with Crippen molar-refractivity contribution < 1.29 is 35.5 Å². The highest BCUT2D eigenvalue weighted by Gasteiger charge is 2.40. The number of ether oxygens (including phenoxy) is 1. The number of allylic oxidation sites excluding steroid dienone is 4. The standard InChI is InChI=1S/C24H21F7O/c1-14-5-10-17(21(27)20(14)26)18-11-12-19(23(29)22(18)28)24(30,31)32-16-8-6-15(7-9-16)4-2-3-13-25/h2,4-5,8,10-12,15H,3,6-7,9,13H2,1H3. The van der Waals surface area contributed by atoms with Gasteiger partial charge in [-0.2, -0.15) is 8.78 Å². The van der Waals surface area contributed by atoms with Crippen LogP contribution in [0.15, 0.2) is 48.3 Å². The van der Waals surface area contributed by atoms with Crippen LogP contribution in [-0.4, -0.2) is 6.67 Å². The number of alkyl halides is 3. The van der Waals surface area contributed by atoms with Crippen LogP contribution in [0.4, 0.5) is 30.7 Å². The van der Waals surface area contributed by atoms with Crippen LogP contribution in [0.5, 0.6) is 0 Å². The molecule has 0 aliphatic heterocycles. The molecule has 0 aromatic heterocycles. The Morgan fingerprint density at radius 1 is 0.969 bits per heavy atom. The average Bonchev–Trinajstić information content (AvgIpc) is 2.75. The monoisotopic (exact) mass is 458 g/mol. The van der Waals surface area contributed by atoms with Gasteiger partial charge >= 0.3 is 6.11 Å². The van der Waals surface area contributed by atoms with Gasteiger partial charge in [0.2, 0.25) is 0 Å². The fraction of sp³-hybridized carbons (Fsp3) is 0.333. The lowest BCUT2D eigenvalue weighted by atomic mass is 9.92. The molecule has 0 saturated heterocycles. The maximum Gasteiger partial charge on any atom is 0.429 e. The molecule has 8 heteroatoms. The van der Waals surface area contributed by atoms with Gasteiger partial charge in [-0.15, -0.1) is 0 Å². The predicted molar refractivity (Wildman–Crippen MR) is 107 cm³/mol. The summed E-state index contributed by atoms with van der Waals surface area (Å²) in [6.45, 7) is 0.814. The van der Waals surface area contributed by atoms with Gasteiger partial charge in [0.1, 0.15) is 5.56 Å². The second kappa shape index (κ2) is 9.79. The Morgan fingerprint density at radius 2 is 1.62 bits per heavy atom. The van der Waals surface area contributed by atoms with Crippen molar-refractivity contribution in [3.8, 4) is 11.1 Å². The Labute approximate surface area is 181 Å². The van der Waals surface area contributed by atoms with Crippen LogP contribution in [0.1, 0.15) is 36.8 Å². The smallest absolute Gasteiger partial charge is 0.429 e. The molecule has 3 rings (SSSR count). The molecule has 2 aromatic carbocycles. The summed E-state index contributed by atoms with van der Waals surface area (Å²) in [5.41, 5.74) is -2.65. The van der Waals surface area contributed by atoms with Crippen LogP contribution in [0.2, 0.25) is 0 Å². The molecule has 1 aliphatic rings. The van der Waals surface area contributed by atoms with Gasteiger partial charge in [-0.1, -0.05) is 30.4 Å². The molecule has 0 heterocycles. The van der Waals surface area contributed by atoms with Gasteiger partial charge in [0.25, 0.3) is 0 Å². The van der Waals surface area contributed by atoms with Crippen LogP contribution >= 0.6 is 0 Å². The zero-order valence-corrected chi connectivity index (χ0v) is 17.2. The molecule has 0 radical (unpaired) electrons. The molecule has 1 nitrogen and oxygen atoms in total. The first-order chi connectivity index (χ1) is 15.2. The average molecular weight is 458 g/mol. The van der Waals surface area contributed by atoms with E-state index >= 15 is 0 Å². The lowest BCUT2D eigenvalue weighted by molar-refractivity contribution is -0.228. The normalized spacial score (nSPS) is 17.0. The highest BCUT2D eigenvalue weighted by molar-refractivity contribution is 5.66. The van der Waals surface area contributed by atoms with Crippen molar-refractivity contribution in [2.24, 2.45) is 5.92 Å². The van der Waals surface area contributed by atoms with Crippen molar-refractivity contribution in [1.29, 1.82) is 0 Å². The lowest BCUT2D eigenvalue weighted by Crippen LogP contribution is -2.22. The zero-order valence-electron chi connectivity index (χ0n) is 17.2. The molecule has 0 saturated carbocycles. The summed E-state index contributed by atoms with van der Waals surface area (Å²) in [6.07, 6.45) is 2.06. The molecule has 32 heavy (non-hydrogen) atoms. The molecule has 0 spiro atoms. The van der Waals surface area contributed by atoms with Gasteiger partial charge in [0, 0.05) is 17.5 Å². The molecule has 0 fully saturated rings. The van der Waals surface area contributed by atoms with E-state index < -0.39 is 52.7 Å². The number of benzene rings is 2. The van der Waals surface area contributed by atoms with Crippen molar-refractivity contribution in [3.63, 3.8) is 0 Å². The second-order valence-corrected chi connectivity index (χ2v) is 7.58. The summed E-state index contributed by atoms with van der Waals surface area (Å²) < 4.78 is 103. The lowest BCUT2D eigenvalue weighted by Gasteiger charge is -2.25. The number of hydrogen-bond acceptors (Lipinski definition) is 1. The van der Waals surface area contributed by atoms with Crippen molar-refractivity contribution in [1.82, 2.24) is 0 Å². The minimum absolute atomic E-state index is 0.0374. The molecule has 0 amide bonds. The van der Waals surface area contributed by atoms with E-state index in [0.29, 0.717) is 18.9 Å². The Balaban J connectivity index is 1.82. The first-order valence-electron chi connectivity index (χ1n) is 10.1. The Bertz CT molecular complexity index is 1040. The highest BCUT2D eigenvalue weighted by atomic mass is 19.3. The summed E-state index contributed by atoms with van der Waals surface area (Å²) >= 11 is 0. The predicted octanol–water partition coefficient (Wildman–Crippen LogP) is 7.88. The van der Waals surface area contributed by atoms with Crippen molar-refractivity contribution in [2.75, 3.05) is 6.67 Å². The first kappa shape index (κ1) is 23.9.